The molecule has 1 aliphatic rings. The molecular weight excluding hydrogens is 314 g/mol. The van der Waals surface area contributed by atoms with Crippen molar-refractivity contribution in [2.75, 3.05) is 26.7 Å². The molecule has 1 saturated heterocycles. The first-order chi connectivity index (χ1) is 12.0. The van der Waals surface area contributed by atoms with Crippen molar-refractivity contribution in [3.05, 3.63) is 47.3 Å². The highest BCUT2D eigenvalue weighted by Gasteiger charge is 2.22. The number of rotatable bonds is 6. The van der Waals surface area contributed by atoms with E-state index >= 15 is 0 Å². The summed E-state index contributed by atoms with van der Waals surface area (Å²) >= 11 is 0. The van der Waals surface area contributed by atoms with Crippen molar-refractivity contribution in [3.63, 3.8) is 0 Å². The summed E-state index contributed by atoms with van der Waals surface area (Å²) in [5, 5.41) is 4.56. The summed E-state index contributed by atoms with van der Waals surface area (Å²) in [6.45, 7) is 7.59. The second-order valence-corrected chi connectivity index (χ2v) is 6.98. The van der Waals surface area contributed by atoms with Crippen molar-refractivity contribution in [2.45, 2.75) is 33.2 Å². The molecular formula is C20H27N3O2. The van der Waals surface area contributed by atoms with Gasteiger partial charge in [0.05, 0.1) is 19.3 Å². The summed E-state index contributed by atoms with van der Waals surface area (Å²) in [6.07, 6.45) is 2.24. The molecule has 25 heavy (non-hydrogen) atoms. The topological polar surface area (TPSA) is 47.4 Å². The Hall–Kier alpha value is -2.14. The quantitative estimate of drug-likeness (QED) is 0.758. The summed E-state index contributed by atoms with van der Waals surface area (Å²) in [7, 11) is 1.63. The van der Waals surface area contributed by atoms with E-state index in [1.54, 1.807) is 7.11 Å². The van der Waals surface area contributed by atoms with Crippen molar-refractivity contribution in [1.82, 2.24) is 14.7 Å². The number of methoxy groups -OCH3 is 1. The number of aryl methyl sites for hydroxylation is 2. The van der Waals surface area contributed by atoms with Crippen LogP contribution in [-0.2, 0) is 6.54 Å². The lowest BCUT2D eigenvalue weighted by Gasteiger charge is -2.31. The zero-order chi connectivity index (χ0) is 17.8. The van der Waals surface area contributed by atoms with Crippen LogP contribution in [0.25, 0.3) is 0 Å². The smallest absolute Gasteiger partial charge is 0.176 e. The van der Waals surface area contributed by atoms with E-state index in [0.717, 1.165) is 49.5 Å². The van der Waals surface area contributed by atoms with Crippen LogP contribution in [0, 0.1) is 19.8 Å². The van der Waals surface area contributed by atoms with Crippen molar-refractivity contribution >= 4 is 5.78 Å². The van der Waals surface area contributed by atoms with Gasteiger partial charge in [0, 0.05) is 17.8 Å². The minimum Gasteiger partial charge on any atom is -0.497 e. The standard InChI is InChI=1S/C20H27N3O2/c1-15-12-16(2)23(21-15)13-17-8-10-22(11-9-17)14-20(24)18-4-6-19(25-3)7-5-18/h4-7,12,17H,8-11,13-14H2,1-3H3. The lowest BCUT2D eigenvalue weighted by Crippen LogP contribution is -2.38. The van der Waals surface area contributed by atoms with Crippen LogP contribution >= 0.6 is 0 Å². The molecule has 3 rings (SSSR count). The van der Waals surface area contributed by atoms with E-state index < -0.39 is 0 Å². The third-order valence-electron chi connectivity index (χ3n) is 5.02. The first-order valence-corrected chi connectivity index (χ1v) is 8.96. The molecule has 0 saturated carbocycles. The fraction of sp³-hybridized carbons (Fsp3) is 0.500. The molecule has 0 spiro atoms. The molecule has 1 aromatic heterocycles. The fourth-order valence-electron chi connectivity index (χ4n) is 3.50. The van der Waals surface area contributed by atoms with Gasteiger partial charge in [-0.3, -0.25) is 14.4 Å². The number of nitrogens with zero attached hydrogens (tertiary/aromatic N) is 3. The second kappa shape index (κ2) is 7.83. The number of hydrogen-bond donors (Lipinski definition) is 0. The maximum absolute atomic E-state index is 12.4. The van der Waals surface area contributed by atoms with Gasteiger partial charge in [-0.2, -0.15) is 5.10 Å². The number of carbonyl (C=O) groups excluding carboxylic acids is 1. The molecule has 0 atom stereocenters. The predicted octanol–water partition coefficient (Wildman–Crippen LogP) is 3.10. The van der Waals surface area contributed by atoms with E-state index in [1.807, 2.05) is 31.2 Å². The van der Waals surface area contributed by atoms with Gasteiger partial charge >= 0.3 is 0 Å². The third-order valence-corrected chi connectivity index (χ3v) is 5.02. The molecule has 0 unspecified atom stereocenters. The van der Waals surface area contributed by atoms with Gasteiger partial charge in [0.25, 0.3) is 0 Å². The third kappa shape index (κ3) is 4.48. The Bertz CT molecular complexity index is 713. The lowest BCUT2D eigenvalue weighted by atomic mass is 9.96. The van der Waals surface area contributed by atoms with E-state index in [9.17, 15) is 4.79 Å². The lowest BCUT2D eigenvalue weighted by molar-refractivity contribution is 0.0888. The Morgan fingerprint density at radius 3 is 2.44 bits per heavy atom. The number of likely N-dealkylation sites (tertiary alicyclic amines) is 1. The molecule has 0 bridgehead atoms. The molecule has 2 heterocycles. The molecule has 0 N–H and O–H groups in total. The number of hydrogen-bond acceptors (Lipinski definition) is 4. The van der Waals surface area contributed by atoms with Crippen LogP contribution in [0.4, 0.5) is 0 Å². The minimum absolute atomic E-state index is 0.180. The highest BCUT2D eigenvalue weighted by Crippen LogP contribution is 2.20. The molecule has 134 valence electrons. The monoisotopic (exact) mass is 341 g/mol. The first-order valence-electron chi connectivity index (χ1n) is 8.96. The van der Waals surface area contributed by atoms with Crippen molar-refractivity contribution in [3.8, 4) is 5.75 Å². The number of aromatic nitrogens is 2. The summed E-state index contributed by atoms with van der Waals surface area (Å²) in [5.74, 6) is 1.60. The average Bonchev–Trinajstić information content (AvgIpc) is 2.94. The van der Waals surface area contributed by atoms with E-state index in [-0.39, 0.29) is 5.78 Å². The van der Waals surface area contributed by atoms with Crippen LogP contribution in [0.1, 0.15) is 34.6 Å². The normalized spacial score (nSPS) is 16.1. The number of ketones is 1. The van der Waals surface area contributed by atoms with Gasteiger partial charge in [-0.25, -0.2) is 0 Å². The van der Waals surface area contributed by atoms with Crippen molar-refractivity contribution in [1.29, 1.82) is 0 Å². The molecule has 1 fully saturated rings. The number of Topliss-reactive ketones (excluding diaryl/α,β-unsaturated/α-hetero) is 1. The van der Waals surface area contributed by atoms with Gasteiger partial charge in [0.1, 0.15) is 5.75 Å². The van der Waals surface area contributed by atoms with Gasteiger partial charge in [-0.1, -0.05) is 0 Å². The van der Waals surface area contributed by atoms with E-state index in [0.29, 0.717) is 12.5 Å². The number of piperidine rings is 1. The molecule has 0 radical (unpaired) electrons. The predicted molar refractivity (Wildman–Crippen MR) is 98.2 cm³/mol. The number of benzene rings is 1. The van der Waals surface area contributed by atoms with Crippen LogP contribution in [-0.4, -0.2) is 47.2 Å². The Morgan fingerprint density at radius 2 is 1.88 bits per heavy atom. The highest BCUT2D eigenvalue weighted by atomic mass is 16.5. The Kier molecular flexibility index (Phi) is 5.53. The van der Waals surface area contributed by atoms with E-state index in [2.05, 4.69) is 27.7 Å². The molecule has 1 aromatic carbocycles. The van der Waals surface area contributed by atoms with Crippen molar-refractivity contribution in [2.24, 2.45) is 5.92 Å². The van der Waals surface area contributed by atoms with Gasteiger partial charge < -0.3 is 4.74 Å². The summed E-state index contributed by atoms with van der Waals surface area (Å²) in [6, 6.07) is 9.50. The largest absolute Gasteiger partial charge is 0.497 e. The van der Waals surface area contributed by atoms with Gasteiger partial charge in [-0.15, -0.1) is 0 Å². The molecule has 1 aliphatic heterocycles. The van der Waals surface area contributed by atoms with Crippen LogP contribution in [0.15, 0.2) is 30.3 Å². The number of carbonyl (C=O) groups is 1. The van der Waals surface area contributed by atoms with E-state index in [1.165, 1.54) is 5.69 Å². The molecule has 2 aromatic rings. The molecule has 5 heteroatoms. The zero-order valence-electron chi connectivity index (χ0n) is 15.4. The highest BCUT2D eigenvalue weighted by molar-refractivity contribution is 5.97. The molecule has 0 amide bonds. The zero-order valence-corrected chi connectivity index (χ0v) is 15.4. The Morgan fingerprint density at radius 1 is 1.20 bits per heavy atom. The van der Waals surface area contributed by atoms with Crippen LogP contribution in [0.2, 0.25) is 0 Å². The molecule has 5 nitrogen and oxygen atoms in total. The van der Waals surface area contributed by atoms with Crippen LogP contribution in [0.5, 0.6) is 5.75 Å². The Balaban J connectivity index is 1.48. The minimum atomic E-state index is 0.180. The fourth-order valence-corrected chi connectivity index (χ4v) is 3.50. The summed E-state index contributed by atoms with van der Waals surface area (Å²) in [4.78, 5) is 14.7. The maximum Gasteiger partial charge on any atom is 0.176 e. The van der Waals surface area contributed by atoms with Gasteiger partial charge in [0.2, 0.25) is 0 Å². The molecule has 0 aliphatic carbocycles. The second-order valence-electron chi connectivity index (χ2n) is 6.98. The van der Waals surface area contributed by atoms with Crippen molar-refractivity contribution < 1.29 is 9.53 Å². The average molecular weight is 341 g/mol. The summed E-state index contributed by atoms with van der Waals surface area (Å²) in [5.41, 5.74) is 3.07. The summed E-state index contributed by atoms with van der Waals surface area (Å²) < 4.78 is 7.26. The van der Waals surface area contributed by atoms with E-state index in [4.69, 9.17) is 4.74 Å². The SMILES string of the molecule is COc1ccc(C(=O)CN2CCC(Cn3nc(C)cc3C)CC2)cc1. The maximum atomic E-state index is 12.4. The Labute approximate surface area is 149 Å². The van der Waals surface area contributed by atoms with Gasteiger partial charge in [0.15, 0.2) is 5.78 Å². The van der Waals surface area contributed by atoms with Gasteiger partial charge in [-0.05, 0) is 76.0 Å². The first kappa shape index (κ1) is 17.7. The number of ether oxygens (including phenoxy) is 1. The van der Waals surface area contributed by atoms with Crippen LogP contribution < -0.4 is 4.74 Å². The van der Waals surface area contributed by atoms with Crippen LogP contribution in [0.3, 0.4) is 0 Å².